The Kier molecular flexibility index (Phi) is 12.9. The molecule has 0 aliphatic heterocycles. The second-order valence-corrected chi connectivity index (χ2v) is 8.60. The first-order valence-corrected chi connectivity index (χ1v) is 12.2. The Balaban J connectivity index is 0.000000611. The Morgan fingerprint density at radius 3 is 2.00 bits per heavy atom. The number of nitrogens with two attached hydrogens (primary N) is 1. The van der Waals surface area contributed by atoms with Crippen LogP contribution in [0.4, 0.5) is 28.2 Å². The number of hydrogen-bond donors (Lipinski definition) is 2. The molecule has 1 saturated carbocycles. The number of ether oxygens (including phenoxy) is 2. The van der Waals surface area contributed by atoms with Gasteiger partial charge in [-0.25, -0.2) is 37.3 Å². The average molecular weight is 575 g/mol. The Morgan fingerprint density at radius 1 is 0.950 bits per heavy atom. The van der Waals surface area contributed by atoms with Gasteiger partial charge >= 0.3 is 18.1 Å². The lowest BCUT2D eigenvalue weighted by Gasteiger charge is -2.35. The van der Waals surface area contributed by atoms with E-state index in [9.17, 15) is 31.9 Å². The first-order chi connectivity index (χ1) is 19.0. The van der Waals surface area contributed by atoms with Crippen LogP contribution in [0.15, 0.2) is 24.8 Å². The Hall–Kier alpha value is -4.11. The smallest absolute Gasteiger partial charge is 0.404 e. The zero-order valence-electron chi connectivity index (χ0n) is 21.6. The van der Waals surface area contributed by atoms with Gasteiger partial charge in [-0.2, -0.15) is 0 Å². The summed E-state index contributed by atoms with van der Waals surface area (Å²) >= 11 is 0. The van der Waals surface area contributed by atoms with E-state index in [2.05, 4.69) is 19.9 Å². The van der Waals surface area contributed by atoms with Gasteiger partial charge in [-0.15, -0.1) is 0 Å². The molecule has 3 rings (SSSR count). The lowest BCUT2D eigenvalue weighted by molar-refractivity contribution is -0.137. The highest BCUT2D eigenvalue weighted by Crippen LogP contribution is 2.29. The topological polar surface area (TPSA) is 171 Å². The fraction of sp³-hybridized carbons (Fsp3) is 0.542. The van der Waals surface area contributed by atoms with E-state index >= 15 is 0 Å². The summed E-state index contributed by atoms with van der Waals surface area (Å²) in [4.78, 5) is 51.5. The van der Waals surface area contributed by atoms with E-state index in [1.807, 2.05) is 0 Å². The van der Waals surface area contributed by atoms with Crippen LogP contribution in [0.3, 0.4) is 0 Å². The monoisotopic (exact) mass is 574 g/mol. The van der Waals surface area contributed by atoms with E-state index in [0.717, 1.165) is 0 Å². The van der Waals surface area contributed by atoms with Crippen LogP contribution < -0.4 is 15.4 Å². The molecule has 220 valence electrons. The molecule has 0 atom stereocenters. The van der Waals surface area contributed by atoms with Crippen molar-refractivity contribution < 1.29 is 46.5 Å². The third kappa shape index (κ3) is 10.9. The van der Waals surface area contributed by atoms with Gasteiger partial charge in [0.15, 0.2) is 5.82 Å². The molecule has 0 aromatic carbocycles. The van der Waals surface area contributed by atoms with Crippen LogP contribution in [0.5, 0.6) is 6.01 Å². The van der Waals surface area contributed by atoms with E-state index in [0.29, 0.717) is 36.9 Å². The number of anilines is 1. The number of carboxylic acid groups (broad SMARTS) is 1. The second kappa shape index (κ2) is 16.1. The highest BCUT2D eigenvalue weighted by Gasteiger charge is 2.32. The zero-order valence-corrected chi connectivity index (χ0v) is 21.6. The van der Waals surface area contributed by atoms with Gasteiger partial charge in [0.1, 0.15) is 6.10 Å². The number of carbonyl (C=O) groups is 3. The molecule has 2 aromatic heterocycles. The van der Waals surface area contributed by atoms with Gasteiger partial charge < -0.3 is 20.3 Å². The van der Waals surface area contributed by atoms with Crippen LogP contribution in [0.2, 0.25) is 0 Å². The molecule has 2 amide bonds. The van der Waals surface area contributed by atoms with Gasteiger partial charge in [-0.3, -0.25) is 19.5 Å². The summed E-state index contributed by atoms with van der Waals surface area (Å²) in [6.07, 6.45) is -0.126. The van der Waals surface area contributed by atoms with Crippen LogP contribution in [0, 0.1) is 0 Å². The maximum Gasteiger partial charge on any atom is 0.404 e. The summed E-state index contributed by atoms with van der Waals surface area (Å²) in [6.45, 7) is 0. The number of alkyl halides is 4. The van der Waals surface area contributed by atoms with Gasteiger partial charge in [0.25, 0.3) is 0 Å². The fourth-order valence-corrected chi connectivity index (χ4v) is 3.84. The fourth-order valence-electron chi connectivity index (χ4n) is 3.84. The van der Waals surface area contributed by atoms with Gasteiger partial charge in [0.05, 0.1) is 31.6 Å². The van der Waals surface area contributed by atoms with Crippen LogP contribution in [-0.4, -0.2) is 75.1 Å². The summed E-state index contributed by atoms with van der Waals surface area (Å²) in [5.74, 6) is -1.37. The summed E-state index contributed by atoms with van der Waals surface area (Å²) < 4.78 is 57.6. The van der Waals surface area contributed by atoms with Crippen molar-refractivity contribution in [2.24, 2.45) is 5.73 Å². The minimum atomic E-state index is -2.58. The lowest BCUT2D eigenvalue weighted by atomic mass is 9.91. The van der Waals surface area contributed by atoms with Crippen molar-refractivity contribution >= 4 is 23.8 Å². The molecule has 0 bridgehead atoms. The molecule has 1 aliphatic carbocycles. The molecular formula is C24H30F4N6O6. The molecule has 16 heteroatoms. The minimum Gasteiger partial charge on any atom is -0.481 e. The number of aromatic nitrogens is 4. The van der Waals surface area contributed by atoms with E-state index in [1.165, 1.54) is 36.8 Å². The van der Waals surface area contributed by atoms with Crippen molar-refractivity contribution in [3.63, 3.8) is 0 Å². The first kappa shape index (κ1) is 32.1. The molecule has 1 aliphatic rings. The van der Waals surface area contributed by atoms with Crippen molar-refractivity contribution in [2.45, 2.75) is 76.4 Å². The number of amides is 2. The van der Waals surface area contributed by atoms with E-state index in [-0.39, 0.29) is 30.4 Å². The molecule has 0 spiro atoms. The van der Waals surface area contributed by atoms with E-state index in [1.54, 1.807) is 0 Å². The maximum atomic E-state index is 12.8. The minimum absolute atomic E-state index is 0.213. The predicted molar refractivity (Wildman–Crippen MR) is 132 cm³/mol. The van der Waals surface area contributed by atoms with Crippen molar-refractivity contribution in [1.82, 2.24) is 19.9 Å². The van der Waals surface area contributed by atoms with Crippen molar-refractivity contribution in [1.29, 1.82) is 0 Å². The lowest BCUT2D eigenvalue weighted by Crippen LogP contribution is -2.44. The van der Waals surface area contributed by atoms with Crippen LogP contribution >= 0.6 is 0 Å². The normalized spacial score (nSPS) is 16.6. The average Bonchev–Trinajstić information content (AvgIpc) is 2.92. The Morgan fingerprint density at radius 2 is 1.55 bits per heavy atom. The zero-order chi connectivity index (χ0) is 29.7. The molecule has 1 fully saturated rings. The molecule has 12 nitrogen and oxygen atoms in total. The number of aliphatic carboxylic acids is 1. The predicted octanol–water partition coefficient (Wildman–Crippen LogP) is 3.84. The van der Waals surface area contributed by atoms with E-state index in [4.69, 9.17) is 20.3 Å². The number of carbonyl (C=O) groups excluding carboxylic acids is 2. The number of nitrogens with zero attached hydrogens (tertiary/aromatic N) is 5. The third-order valence-corrected chi connectivity index (χ3v) is 5.70. The number of halogens is 4. The number of methoxy groups -OCH3 is 1. The Bertz CT molecular complexity index is 1090. The third-order valence-electron chi connectivity index (χ3n) is 5.70. The largest absolute Gasteiger partial charge is 0.481 e. The number of rotatable bonds is 11. The quantitative estimate of drug-likeness (QED) is 0.376. The van der Waals surface area contributed by atoms with Gasteiger partial charge in [-0.05, 0) is 25.7 Å². The molecule has 3 N–H and O–H groups in total. The summed E-state index contributed by atoms with van der Waals surface area (Å²) in [7, 11) is 1.46. The SMILES string of the molecule is COc1ncc(-c2cnc(N(C(=O)CCC(F)F)[C@H]3CC[C@H](OC(N)=O)CC3)cn2)cn1.O=C(O)CCC(F)F. The summed E-state index contributed by atoms with van der Waals surface area (Å²) in [5, 5.41) is 7.83. The number of primary amides is 1. The highest BCUT2D eigenvalue weighted by molar-refractivity contribution is 5.93. The van der Waals surface area contributed by atoms with Crippen molar-refractivity contribution in [2.75, 3.05) is 12.0 Å². The van der Waals surface area contributed by atoms with Gasteiger partial charge in [0, 0.05) is 43.3 Å². The highest BCUT2D eigenvalue weighted by atomic mass is 19.3. The molecule has 2 heterocycles. The van der Waals surface area contributed by atoms with E-state index < -0.39 is 50.1 Å². The summed E-state index contributed by atoms with van der Waals surface area (Å²) in [6, 6.07) is -0.0672. The van der Waals surface area contributed by atoms with Crippen LogP contribution in [-0.2, 0) is 14.3 Å². The molecule has 0 radical (unpaired) electrons. The maximum absolute atomic E-state index is 12.8. The van der Waals surface area contributed by atoms with Crippen molar-refractivity contribution in [3.8, 4) is 17.3 Å². The second-order valence-electron chi connectivity index (χ2n) is 8.60. The number of carboxylic acids is 1. The van der Waals surface area contributed by atoms with Crippen LogP contribution in [0.25, 0.3) is 11.3 Å². The van der Waals surface area contributed by atoms with Gasteiger partial charge in [0.2, 0.25) is 18.8 Å². The van der Waals surface area contributed by atoms with Crippen LogP contribution in [0.1, 0.15) is 51.4 Å². The molecule has 0 unspecified atom stereocenters. The number of hydrogen-bond acceptors (Lipinski definition) is 9. The van der Waals surface area contributed by atoms with Crippen molar-refractivity contribution in [3.05, 3.63) is 24.8 Å². The Labute approximate surface area is 226 Å². The summed E-state index contributed by atoms with van der Waals surface area (Å²) in [5.41, 5.74) is 6.16. The van der Waals surface area contributed by atoms with Gasteiger partial charge in [-0.1, -0.05) is 0 Å². The molecule has 0 saturated heterocycles. The first-order valence-electron chi connectivity index (χ1n) is 12.2. The molecule has 2 aromatic rings. The molecular weight excluding hydrogens is 544 g/mol. The standard InChI is InChI=1S/C20H24F2N6O4.C4H6F2O2/c1-31-20-26-8-12(9-27-20)15-10-25-17(11-24-15)28(18(29)7-6-16(21)22)13-2-4-14(5-3-13)32-19(23)30;5-3(6)1-2-4(7)8/h8-11,13-14,16H,2-7H2,1H3,(H2,23,30);3H,1-2H2,(H,7,8)/t13-,14-;. The molecule has 40 heavy (non-hydrogen) atoms.